The van der Waals surface area contributed by atoms with Gasteiger partial charge in [0.05, 0.1) is 0 Å². The minimum atomic E-state index is -2.17. The predicted molar refractivity (Wildman–Crippen MR) is 168 cm³/mol. The molecule has 2 atom stereocenters. The van der Waals surface area contributed by atoms with E-state index in [-0.39, 0.29) is 0 Å². The molecule has 0 saturated heterocycles. The number of aliphatic hydroxyl groups is 2. The lowest BCUT2D eigenvalue weighted by atomic mass is 10.1. The number of hydrogen-bond acceptors (Lipinski definition) is 2. The van der Waals surface area contributed by atoms with Gasteiger partial charge in [0, 0.05) is 17.7 Å². The summed E-state index contributed by atoms with van der Waals surface area (Å²) in [5.41, 5.74) is -3.11. The summed E-state index contributed by atoms with van der Waals surface area (Å²) in [4.78, 5) is 0. The molecule has 0 radical (unpaired) electrons. The first-order chi connectivity index (χ1) is 18.2. The van der Waals surface area contributed by atoms with Gasteiger partial charge in [-0.2, -0.15) is 0 Å². The molecule has 196 valence electrons. The minimum Gasteiger partial charge on any atom is -0.386 e. The standard InChI is InChI=1S/C34H38O2P2/c1-27(2)38(30-21-13-7-14-22-30,31-23-15-8-16-24-31)26-34(36)32(3,4)33(34,35)25-37(28-17-9-5-10-18-28)29-19-11-6-12-20-29/h5-24,35-36H,25-26H2,1-4H3. The highest BCUT2D eigenvalue weighted by molar-refractivity contribution is 7.89. The van der Waals surface area contributed by atoms with Gasteiger partial charge >= 0.3 is 0 Å². The molecule has 4 aromatic rings. The third-order valence-electron chi connectivity index (χ3n) is 8.84. The lowest BCUT2D eigenvalue weighted by molar-refractivity contribution is 0.0489. The number of rotatable bonds is 8. The largest absolute Gasteiger partial charge is 0.386 e. The van der Waals surface area contributed by atoms with Gasteiger partial charge in [0.2, 0.25) is 0 Å². The average molecular weight is 541 g/mol. The molecule has 0 heterocycles. The summed E-state index contributed by atoms with van der Waals surface area (Å²) in [6, 6.07) is 42.2. The highest BCUT2D eigenvalue weighted by Gasteiger charge is 2.82. The number of hydrogen-bond donors (Lipinski definition) is 2. The van der Waals surface area contributed by atoms with Gasteiger partial charge in [0.25, 0.3) is 0 Å². The zero-order chi connectivity index (χ0) is 27.0. The molecule has 1 fully saturated rings. The molecule has 0 aromatic heterocycles. The zero-order valence-corrected chi connectivity index (χ0v) is 24.5. The van der Waals surface area contributed by atoms with Crippen molar-refractivity contribution in [2.24, 2.45) is 5.41 Å². The molecule has 0 amide bonds. The Morgan fingerprint density at radius 1 is 0.605 bits per heavy atom. The molecule has 0 aliphatic heterocycles. The van der Waals surface area contributed by atoms with Crippen molar-refractivity contribution in [3.05, 3.63) is 121 Å². The summed E-state index contributed by atoms with van der Waals surface area (Å²) in [6.07, 6.45) is 1.04. The molecular formula is C34H38O2P2. The van der Waals surface area contributed by atoms with Crippen LogP contribution in [0.4, 0.5) is 0 Å². The van der Waals surface area contributed by atoms with Gasteiger partial charge in [-0.1, -0.05) is 140 Å². The predicted octanol–water partition coefficient (Wildman–Crippen LogP) is 5.50. The fourth-order valence-electron chi connectivity index (χ4n) is 6.16. The smallest absolute Gasteiger partial charge is 0.107 e. The van der Waals surface area contributed by atoms with E-state index in [1.54, 1.807) is 0 Å². The van der Waals surface area contributed by atoms with Gasteiger partial charge in [-0.25, -0.2) is 0 Å². The maximum absolute atomic E-state index is 12.6. The zero-order valence-electron chi connectivity index (χ0n) is 22.8. The Morgan fingerprint density at radius 3 is 1.34 bits per heavy atom. The Balaban J connectivity index is 1.62. The van der Waals surface area contributed by atoms with E-state index in [1.165, 1.54) is 26.5 Å². The van der Waals surface area contributed by atoms with Crippen molar-refractivity contribution in [2.75, 3.05) is 12.3 Å². The first-order valence-electron chi connectivity index (χ1n) is 13.3. The van der Waals surface area contributed by atoms with Crippen LogP contribution in [0.2, 0.25) is 0 Å². The summed E-state index contributed by atoms with van der Waals surface area (Å²) in [5, 5.41) is 31.3. The van der Waals surface area contributed by atoms with Crippen LogP contribution in [-0.4, -0.2) is 39.0 Å². The van der Waals surface area contributed by atoms with Crippen LogP contribution in [0, 0.1) is 5.41 Å². The molecular weight excluding hydrogens is 502 g/mol. The average Bonchev–Trinajstić information content (AvgIpc) is 3.29. The maximum atomic E-state index is 12.6. The van der Waals surface area contributed by atoms with Crippen molar-refractivity contribution in [3.8, 4) is 0 Å². The Hall–Kier alpha value is -2.47. The lowest BCUT2D eigenvalue weighted by Gasteiger charge is -2.34. The second-order valence-corrected chi connectivity index (χ2v) is 17.3. The molecule has 4 aromatic carbocycles. The quantitative estimate of drug-likeness (QED) is 0.290. The normalized spacial score (nSPS) is 22.3. The van der Waals surface area contributed by atoms with E-state index in [0.29, 0.717) is 12.3 Å². The lowest BCUT2D eigenvalue weighted by Crippen LogP contribution is -2.38. The van der Waals surface area contributed by atoms with Crippen molar-refractivity contribution < 1.29 is 10.2 Å². The molecule has 1 saturated carbocycles. The molecule has 5 rings (SSSR count). The van der Waals surface area contributed by atoms with E-state index >= 15 is 0 Å². The van der Waals surface area contributed by atoms with Gasteiger partial charge < -0.3 is 10.2 Å². The fraction of sp³-hybridized carbons (Fsp3) is 0.265. The van der Waals surface area contributed by atoms with Crippen LogP contribution in [0.15, 0.2) is 121 Å². The molecule has 2 nitrogen and oxygen atoms in total. The molecule has 4 heteroatoms. The van der Waals surface area contributed by atoms with Crippen LogP contribution in [-0.2, 0) is 0 Å². The molecule has 1 aliphatic carbocycles. The van der Waals surface area contributed by atoms with Crippen LogP contribution in [0.5, 0.6) is 0 Å². The van der Waals surface area contributed by atoms with Gasteiger partial charge in [0.15, 0.2) is 0 Å². The second kappa shape index (κ2) is 10.3. The van der Waals surface area contributed by atoms with Crippen LogP contribution >= 0.6 is 14.8 Å². The first-order valence-corrected chi connectivity index (χ1v) is 16.8. The van der Waals surface area contributed by atoms with E-state index in [4.69, 9.17) is 0 Å². The van der Waals surface area contributed by atoms with E-state index in [9.17, 15) is 10.2 Å². The molecule has 2 unspecified atom stereocenters. The van der Waals surface area contributed by atoms with Gasteiger partial charge in [0.1, 0.15) is 11.2 Å². The second-order valence-electron chi connectivity index (χ2n) is 11.2. The van der Waals surface area contributed by atoms with E-state index < -0.39 is 31.4 Å². The van der Waals surface area contributed by atoms with Crippen LogP contribution in [0.25, 0.3) is 0 Å². The molecule has 38 heavy (non-hydrogen) atoms. The monoisotopic (exact) mass is 540 g/mol. The third-order valence-corrected chi connectivity index (χ3v) is 16.3. The first kappa shape index (κ1) is 27.1. The fourth-order valence-corrected chi connectivity index (χ4v) is 13.7. The number of benzene rings is 4. The third kappa shape index (κ3) is 4.24. The minimum absolute atomic E-state index is 0.520. The van der Waals surface area contributed by atoms with E-state index in [2.05, 4.69) is 111 Å². The van der Waals surface area contributed by atoms with Gasteiger partial charge in [-0.3, -0.25) is 0 Å². The van der Waals surface area contributed by atoms with Crippen molar-refractivity contribution >= 4 is 41.3 Å². The molecule has 2 N–H and O–H groups in total. The Morgan fingerprint density at radius 2 is 0.974 bits per heavy atom. The Kier molecular flexibility index (Phi) is 7.32. The summed E-state index contributed by atoms with van der Waals surface area (Å²) in [6.45, 7) is 6.33. The summed E-state index contributed by atoms with van der Waals surface area (Å²) in [5.74, 6) is 0. The summed E-state index contributed by atoms with van der Waals surface area (Å²) >= 11 is 0. The molecule has 0 bridgehead atoms. The van der Waals surface area contributed by atoms with Crippen molar-refractivity contribution in [1.29, 1.82) is 0 Å². The topological polar surface area (TPSA) is 40.5 Å². The van der Waals surface area contributed by atoms with E-state index in [0.717, 1.165) is 0 Å². The molecule has 1 aliphatic rings. The van der Waals surface area contributed by atoms with Crippen LogP contribution in [0.3, 0.4) is 0 Å². The maximum Gasteiger partial charge on any atom is 0.107 e. The van der Waals surface area contributed by atoms with Crippen molar-refractivity contribution in [3.63, 3.8) is 0 Å². The highest BCUT2D eigenvalue weighted by atomic mass is 31.2. The van der Waals surface area contributed by atoms with Gasteiger partial charge in [-0.15, -0.1) is 0 Å². The van der Waals surface area contributed by atoms with Crippen molar-refractivity contribution in [1.82, 2.24) is 0 Å². The van der Waals surface area contributed by atoms with Crippen LogP contribution < -0.4 is 21.2 Å². The Labute approximate surface area is 229 Å². The highest BCUT2D eigenvalue weighted by Crippen LogP contribution is 2.72. The van der Waals surface area contributed by atoms with E-state index in [1.807, 2.05) is 38.1 Å². The van der Waals surface area contributed by atoms with Crippen molar-refractivity contribution in [2.45, 2.75) is 38.9 Å². The summed E-state index contributed by atoms with van der Waals surface area (Å²) < 4.78 is 0. The van der Waals surface area contributed by atoms with Crippen LogP contribution in [0.1, 0.15) is 27.7 Å². The van der Waals surface area contributed by atoms with Gasteiger partial charge in [-0.05, 0) is 49.9 Å². The molecule has 0 spiro atoms. The summed E-state index contributed by atoms with van der Waals surface area (Å²) in [7, 11) is -0.863. The Bertz CT molecular complexity index is 1350. The SMILES string of the molecule is CC(C)=P(CC1(O)C(C)(C)C1(O)CP(c1ccccc1)c1ccccc1)(c1ccccc1)c1ccccc1.